The maximum absolute atomic E-state index is 12.7. The summed E-state index contributed by atoms with van der Waals surface area (Å²) in [5.74, 6) is 1.45. The summed E-state index contributed by atoms with van der Waals surface area (Å²) in [7, 11) is 1.85. The molecule has 27 heavy (non-hydrogen) atoms. The molecule has 8 heteroatoms. The SMILES string of the molecule is Cc1cc(C(=O)N2CCCC(Cc3noc(-c4cccnc4)n3)C2)nn1C. The van der Waals surface area contributed by atoms with Crippen LogP contribution in [0.5, 0.6) is 0 Å². The fourth-order valence-electron chi connectivity index (χ4n) is 3.44. The van der Waals surface area contributed by atoms with Crippen molar-refractivity contribution in [1.82, 2.24) is 29.8 Å². The Balaban J connectivity index is 1.41. The van der Waals surface area contributed by atoms with Crippen molar-refractivity contribution in [2.45, 2.75) is 26.2 Å². The molecule has 3 aromatic heterocycles. The van der Waals surface area contributed by atoms with Gasteiger partial charge in [0.1, 0.15) is 0 Å². The number of hydrogen-bond acceptors (Lipinski definition) is 6. The van der Waals surface area contributed by atoms with Crippen LogP contribution in [0.1, 0.15) is 34.8 Å². The van der Waals surface area contributed by atoms with Crippen LogP contribution in [0.15, 0.2) is 35.1 Å². The first kappa shape index (κ1) is 17.4. The molecular weight excluding hydrogens is 344 g/mol. The minimum Gasteiger partial charge on any atom is -0.337 e. The van der Waals surface area contributed by atoms with E-state index in [1.165, 1.54) is 0 Å². The summed E-state index contributed by atoms with van der Waals surface area (Å²) in [4.78, 5) is 23.2. The fourth-order valence-corrected chi connectivity index (χ4v) is 3.44. The summed E-state index contributed by atoms with van der Waals surface area (Å²) in [6.45, 7) is 3.39. The van der Waals surface area contributed by atoms with Gasteiger partial charge in [0.15, 0.2) is 11.5 Å². The molecule has 3 aromatic rings. The summed E-state index contributed by atoms with van der Waals surface area (Å²) in [5.41, 5.74) is 2.29. The van der Waals surface area contributed by atoms with Gasteiger partial charge in [-0.3, -0.25) is 14.5 Å². The lowest BCUT2D eigenvalue weighted by Gasteiger charge is -2.31. The molecule has 0 N–H and O–H groups in total. The molecule has 0 spiro atoms. The number of aromatic nitrogens is 5. The van der Waals surface area contributed by atoms with Crippen molar-refractivity contribution in [2.24, 2.45) is 13.0 Å². The molecule has 0 aromatic carbocycles. The molecule has 1 atom stereocenters. The molecule has 1 saturated heterocycles. The molecule has 1 unspecified atom stereocenters. The number of aryl methyl sites for hydroxylation is 2. The normalized spacial score (nSPS) is 17.3. The average Bonchev–Trinajstić information content (AvgIpc) is 3.29. The summed E-state index contributed by atoms with van der Waals surface area (Å²) in [5, 5.41) is 8.41. The highest BCUT2D eigenvalue weighted by Gasteiger charge is 2.27. The van der Waals surface area contributed by atoms with Gasteiger partial charge >= 0.3 is 0 Å². The molecule has 1 amide bonds. The molecule has 0 saturated carbocycles. The largest absolute Gasteiger partial charge is 0.337 e. The summed E-state index contributed by atoms with van der Waals surface area (Å²) < 4.78 is 7.09. The topological polar surface area (TPSA) is 89.9 Å². The Morgan fingerprint density at radius 1 is 1.41 bits per heavy atom. The van der Waals surface area contributed by atoms with Gasteiger partial charge in [-0.1, -0.05) is 5.16 Å². The first-order valence-electron chi connectivity index (χ1n) is 9.13. The van der Waals surface area contributed by atoms with Crippen LogP contribution in [0.2, 0.25) is 0 Å². The Hall–Kier alpha value is -3.03. The number of likely N-dealkylation sites (tertiary alicyclic amines) is 1. The Kier molecular flexibility index (Phi) is 4.70. The third-order valence-electron chi connectivity index (χ3n) is 4.99. The van der Waals surface area contributed by atoms with Gasteiger partial charge < -0.3 is 9.42 Å². The molecule has 0 radical (unpaired) electrons. The van der Waals surface area contributed by atoms with E-state index in [9.17, 15) is 4.79 Å². The lowest BCUT2D eigenvalue weighted by molar-refractivity contribution is 0.0665. The van der Waals surface area contributed by atoms with Crippen molar-refractivity contribution in [1.29, 1.82) is 0 Å². The Bertz CT molecular complexity index is 913. The zero-order valence-electron chi connectivity index (χ0n) is 15.5. The first-order chi connectivity index (χ1) is 13.1. The smallest absolute Gasteiger partial charge is 0.274 e. The van der Waals surface area contributed by atoms with Crippen LogP contribution >= 0.6 is 0 Å². The van der Waals surface area contributed by atoms with Crippen LogP contribution < -0.4 is 0 Å². The molecule has 8 nitrogen and oxygen atoms in total. The molecule has 140 valence electrons. The van der Waals surface area contributed by atoms with Crippen molar-refractivity contribution in [3.05, 3.63) is 47.8 Å². The monoisotopic (exact) mass is 366 g/mol. The van der Waals surface area contributed by atoms with Gasteiger partial charge in [0.2, 0.25) is 0 Å². The number of pyridine rings is 1. The second-order valence-electron chi connectivity index (χ2n) is 7.02. The number of amides is 1. The number of rotatable bonds is 4. The summed E-state index contributed by atoms with van der Waals surface area (Å²) in [6.07, 6.45) is 6.11. The minimum absolute atomic E-state index is 0.00689. The van der Waals surface area contributed by atoms with Crippen molar-refractivity contribution in [3.63, 3.8) is 0 Å². The van der Waals surface area contributed by atoms with Crippen LogP contribution in [0.3, 0.4) is 0 Å². The predicted octanol–water partition coefficient (Wildman–Crippen LogP) is 2.27. The minimum atomic E-state index is -0.00689. The van der Waals surface area contributed by atoms with Gasteiger partial charge in [-0.15, -0.1) is 0 Å². The number of hydrogen-bond donors (Lipinski definition) is 0. The van der Waals surface area contributed by atoms with Crippen molar-refractivity contribution < 1.29 is 9.32 Å². The number of nitrogens with zero attached hydrogens (tertiary/aromatic N) is 6. The van der Waals surface area contributed by atoms with E-state index in [1.807, 2.05) is 37.1 Å². The van der Waals surface area contributed by atoms with Gasteiger partial charge in [0.05, 0.1) is 5.56 Å². The van der Waals surface area contributed by atoms with E-state index in [-0.39, 0.29) is 5.91 Å². The Labute approximate surface area is 157 Å². The number of piperidine rings is 1. The standard InChI is InChI=1S/C19H22N6O2/c1-13-9-16(22-24(13)2)19(26)25-8-4-5-14(12-25)10-17-21-18(27-23-17)15-6-3-7-20-11-15/h3,6-7,9,11,14H,4-5,8,10,12H2,1-2H3. The highest BCUT2D eigenvalue weighted by Crippen LogP contribution is 2.23. The molecule has 0 aliphatic carbocycles. The molecule has 1 aliphatic heterocycles. The van der Waals surface area contributed by atoms with Gasteiger partial charge in [-0.25, -0.2) is 0 Å². The van der Waals surface area contributed by atoms with Crippen molar-refractivity contribution in [3.8, 4) is 11.5 Å². The Morgan fingerprint density at radius 2 is 2.30 bits per heavy atom. The van der Waals surface area contributed by atoms with E-state index in [2.05, 4.69) is 20.2 Å². The maximum atomic E-state index is 12.7. The second-order valence-corrected chi connectivity index (χ2v) is 7.02. The van der Waals surface area contributed by atoms with Crippen LogP contribution in [-0.2, 0) is 13.5 Å². The second kappa shape index (κ2) is 7.30. The summed E-state index contributed by atoms with van der Waals surface area (Å²) >= 11 is 0. The highest BCUT2D eigenvalue weighted by molar-refractivity contribution is 5.92. The van der Waals surface area contributed by atoms with E-state index in [0.29, 0.717) is 36.3 Å². The van der Waals surface area contributed by atoms with E-state index in [0.717, 1.165) is 30.6 Å². The maximum Gasteiger partial charge on any atom is 0.274 e. The van der Waals surface area contributed by atoms with E-state index < -0.39 is 0 Å². The van der Waals surface area contributed by atoms with Gasteiger partial charge in [-0.2, -0.15) is 10.1 Å². The molecule has 0 bridgehead atoms. The molecule has 1 aliphatic rings. The highest BCUT2D eigenvalue weighted by atomic mass is 16.5. The Morgan fingerprint density at radius 3 is 3.04 bits per heavy atom. The van der Waals surface area contributed by atoms with Crippen LogP contribution in [-0.4, -0.2) is 48.8 Å². The quantitative estimate of drug-likeness (QED) is 0.704. The van der Waals surface area contributed by atoms with E-state index in [1.54, 1.807) is 17.1 Å². The molecular formula is C19H22N6O2. The lowest BCUT2D eigenvalue weighted by Crippen LogP contribution is -2.40. The third-order valence-corrected chi connectivity index (χ3v) is 4.99. The summed E-state index contributed by atoms with van der Waals surface area (Å²) in [6, 6.07) is 5.56. The van der Waals surface area contributed by atoms with E-state index in [4.69, 9.17) is 4.52 Å². The van der Waals surface area contributed by atoms with Crippen LogP contribution in [0, 0.1) is 12.8 Å². The molecule has 4 heterocycles. The number of carbonyl (C=O) groups excluding carboxylic acids is 1. The zero-order chi connectivity index (χ0) is 18.8. The van der Waals surface area contributed by atoms with Crippen molar-refractivity contribution in [2.75, 3.05) is 13.1 Å². The number of carbonyl (C=O) groups is 1. The zero-order valence-corrected chi connectivity index (χ0v) is 15.5. The fraction of sp³-hybridized carbons (Fsp3) is 0.421. The molecule has 1 fully saturated rings. The van der Waals surface area contributed by atoms with Crippen LogP contribution in [0.25, 0.3) is 11.5 Å². The lowest BCUT2D eigenvalue weighted by atomic mass is 9.94. The van der Waals surface area contributed by atoms with Crippen LogP contribution in [0.4, 0.5) is 0 Å². The average molecular weight is 366 g/mol. The molecule has 4 rings (SSSR count). The van der Waals surface area contributed by atoms with Crippen molar-refractivity contribution >= 4 is 5.91 Å². The van der Waals surface area contributed by atoms with Gasteiger partial charge in [-0.05, 0) is 43.9 Å². The third kappa shape index (κ3) is 3.74. The first-order valence-corrected chi connectivity index (χ1v) is 9.13. The van der Waals surface area contributed by atoms with E-state index >= 15 is 0 Å². The van der Waals surface area contributed by atoms with Gasteiger partial charge in [0, 0.05) is 44.6 Å². The van der Waals surface area contributed by atoms with Gasteiger partial charge in [0.25, 0.3) is 11.8 Å². The predicted molar refractivity (Wildman–Crippen MR) is 97.8 cm³/mol.